The van der Waals surface area contributed by atoms with Crippen molar-refractivity contribution < 1.29 is 18.8 Å². The Morgan fingerprint density at radius 1 is 1.50 bits per heavy atom. The fourth-order valence-electron chi connectivity index (χ4n) is 1.74. The number of likely N-dealkylation sites (N-methyl/N-ethyl adjacent to an activating group) is 1. The molecule has 1 rings (SSSR count). The summed E-state index contributed by atoms with van der Waals surface area (Å²) in [4.78, 5) is 23.2. The third-order valence-electron chi connectivity index (χ3n) is 2.71. The summed E-state index contributed by atoms with van der Waals surface area (Å²) in [7, 11) is 1.71. The van der Waals surface area contributed by atoms with Gasteiger partial charge in [-0.15, -0.1) is 0 Å². The van der Waals surface area contributed by atoms with E-state index in [0.29, 0.717) is 25.1 Å². The van der Waals surface area contributed by atoms with Gasteiger partial charge in [0.1, 0.15) is 5.82 Å². The van der Waals surface area contributed by atoms with E-state index in [4.69, 9.17) is 4.74 Å². The van der Waals surface area contributed by atoms with Crippen LogP contribution in [0.3, 0.4) is 0 Å². The number of carbonyl (C=O) groups is 1. The molecule has 20 heavy (non-hydrogen) atoms. The van der Waals surface area contributed by atoms with Gasteiger partial charge in [0, 0.05) is 12.1 Å². The van der Waals surface area contributed by atoms with E-state index in [2.05, 4.69) is 0 Å². The minimum Gasteiger partial charge on any atom is -0.465 e. The quantitative estimate of drug-likeness (QED) is 0.433. The molecule has 7 heteroatoms. The van der Waals surface area contributed by atoms with Gasteiger partial charge in [-0.3, -0.25) is 19.8 Å². The molecule has 0 aliphatic carbocycles. The minimum absolute atomic E-state index is 0.114. The lowest BCUT2D eigenvalue weighted by atomic mass is 10.1. The zero-order chi connectivity index (χ0) is 15.1. The number of nitrogens with zero attached hydrogens (tertiary/aromatic N) is 2. The zero-order valence-electron chi connectivity index (χ0n) is 11.5. The van der Waals surface area contributed by atoms with Crippen LogP contribution in [0.5, 0.6) is 0 Å². The van der Waals surface area contributed by atoms with Gasteiger partial charge < -0.3 is 4.74 Å². The van der Waals surface area contributed by atoms with Crippen molar-refractivity contribution in [2.75, 3.05) is 26.7 Å². The molecule has 0 saturated heterocycles. The molecular formula is C13H17FN2O4. The van der Waals surface area contributed by atoms with Crippen LogP contribution in [0.25, 0.3) is 0 Å². The number of hydrogen-bond donors (Lipinski definition) is 0. The smallest absolute Gasteiger partial charge is 0.320 e. The van der Waals surface area contributed by atoms with Gasteiger partial charge in [-0.2, -0.15) is 0 Å². The first-order chi connectivity index (χ1) is 9.43. The second-order valence-corrected chi connectivity index (χ2v) is 4.32. The third-order valence-corrected chi connectivity index (χ3v) is 2.71. The van der Waals surface area contributed by atoms with E-state index in [-0.39, 0.29) is 18.2 Å². The lowest BCUT2D eigenvalue weighted by molar-refractivity contribution is -0.385. The maximum Gasteiger partial charge on any atom is 0.320 e. The van der Waals surface area contributed by atoms with Crippen LogP contribution in [-0.4, -0.2) is 42.5 Å². The van der Waals surface area contributed by atoms with Crippen molar-refractivity contribution in [2.45, 2.75) is 13.3 Å². The van der Waals surface area contributed by atoms with E-state index >= 15 is 0 Å². The Morgan fingerprint density at radius 2 is 2.20 bits per heavy atom. The van der Waals surface area contributed by atoms with Crippen LogP contribution < -0.4 is 0 Å². The summed E-state index contributed by atoms with van der Waals surface area (Å²) in [5.74, 6) is -0.982. The fourth-order valence-corrected chi connectivity index (χ4v) is 1.74. The van der Waals surface area contributed by atoms with Crippen molar-refractivity contribution in [3.63, 3.8) is 0 Å². The highest BCUT2D eigenvalue weighted by Crippen LogP contribution is 2.20. The number of nitro groups is 1. The monoisotopic (exact) mass is 284 g/mol. The number of carbonyl (C=O) groups excluding carboxylic acids is 1. The summed E-state index contributed by atoms with van der Waals surface area (Å²) in [6.45, 7) is 2.59. The summed E-state index contributed by atoms with van der Waals surface area (Å²) in [5.41, 5.74) is 0.196. The van der Waals surface area contributed by atoms with E-state index in [1.807, 2.05) is 0 Å². The second kappa shape index (κ2) is 7.54. The molecule has 1 aromatic rings. The Labute approximate surface area is 116 Å². The number of halogens is 1. The summed E-state index contributed by atoms with van der Waals surface area (Å²) in [6, 6.07) is 3.49. The van der Waals surface area contributed by atoms with Crippen LogP contribution in [0.1, 0.15) is 12.5 Å². The SMILES string of the molecule is CCOC(=O)CN(C)CCc1ccc(F)cc1[N+](=O)[O-]. The van der Waals surface area contributed by atoms with Gasteiger partial charge in [-0.1, -0.05) is 0 Å². The third kappa shape index (κ3) is 4.93. The normalized spacial score (nSPS) is 10.6. The molecule has 0 saturated carbocycles. The van der Waals surface area contributed by atoms with E-state index in [1.165, 1.54) is 12.1 Å². The number of hydrogen-bond acceptors (Lipinski definition) is 5. The van der Waals surface area contributed by atoms with E-state index in [0.717, 1.165) is 6.07 Å². The van der Waals surface area contributed by atoms with E-state index < -0.39 is 10.7 Å². The van der Waals surface area contributed by atoms with Gasteiger partial charge in [0.05, 0.1) is 24.1 Å². The van der Waals surface area contributed by atoms with Crippen LogP contribution in [0.15, 0.2) is 18.2 Å². The minimum atomic E-state index is -0.639. The molecule has 1 aromatic carbocycles. The van der Waals surface area contributed by atoms with Crippen molar-refractivity contribution in [1.82, 2.24) is 4.90 Å². The Kier molecular flexibility index (Phi) is 6.05. The number of nitro benzene ring substituents is 1. The van der Waals surface area contributed by atoms with Gasteiger partial charge in [0.15, 0.2) is 0 Å². The largest absolute Gasteiger partial charge is 0.465 e. The molecule has 0 amide bonds. The van der Waals surface area contributed by atoms with Gasteiger partial charge in [-0.05, 0) is 32.5 Å². The molecule has 0 heterocycles. The summed E-state index contributed by atoms with van der Waals surface area (Å²) >= 11 is 0. The lowest BCUT2D eigenvalue weighted by Gasteiger charge is -2.15. The predicted octanol–water partition coefficient (Wildman–Crippen LogP) is 1.77. The van der Waals surface area contributed by atoms with E-state index in [1.54, 1.807) is 18.9 Å². The van der Waals surface area contributed by atoms with Gasteiger partial charge in [0.25, 0.3) is 5.69 Å². The molecule has 0 radical (unpaired) electrons. The van der Waals surface area contributed by atoms with E-state index in [9.17, 15) is 19.3 Å². The number of rotatable bonds is 7. The van der Waals surface area contributed by atoms with Crippen LogP contribution in [0.4, 0.5) is 10.1 Å². The maximum absolute atomic E-state index is 13.0. The number of benzene rings is 1. The Balaban J connectivity index is 2.61. The van der Waals surface area contributed by atoms with Crippen molar-refractivity contribution in [2.24, 2.45) is 0 Å². The van der Waals surface area contributed by atoms with Crippen LogP contribution in [0.2, 0.25) is 0 Å². The summed E-state index contributed by atoms with van der Waals surface area (Å²) in [5, 5.41) is 10.8. The van der Waals surface area contributed by atoms with Crippen molar-refractivity contribution >= 4 is 11.7 Å². The van der Waals surface area contributed by atoms with Gasteiger partial charge >= 0.3 is 5.97 Å². The average Bonchev–Trinajstić information content (AvgIpc) is 2.37. The standard InChI is InChI=1S/C13H17FN2O4/c1-3-20-13(17)9-15(2)7-6-10-4-5-11(14)8-12(10)16(18)19/h4-5,8H,3,6-7,9H2,1-2H3. The number of esters is 1. The lowest BCUT2D eigenvalue weighted by Crippen LogP contribution is -2.29. The first kappa shape index (κ1) is 16.0. The molecule has 0 fully saturated rings. The topological polar surface area (TPSA) is 72.7 Å². The van der Waals surface area contributed by atoms with Gasteiger partial charge in [0.2, 0.25) is 0 Å². The van der Waals surface area contributed by atoms with Crippen LogP contribution in [0, 0.1) is 15.9 Å². The molecule has 0 atom stereocenters. The maximum atomic E-state index is 13.0. The number of ether oxygens (including phenoxy) is 1. The predicted molar refractivity (Wildman–Crippen MR) is 70.9 cm³/mol. The summed E-state index contributed by atoms with van der Waals surface area (Å²) in [6.07, 6.45) is 0.354. The van der Waals surface area contributed by atoms with Crippen LogP contribution in [-0.2, 0) is 16.0 Å². The molecule has 0 aliphatic rings. The average molecular weight is 284 g/mol. The molecule has 0 unspecified atom stereocenters. The van der Waals surface area contributed by atoms with Gasteiger partial charge in [-0.25, -0.2) is 4.39 Å². The van der Waals surface area contributed by atoms with Crippen molar-refractivity contribution in [3.8, 4) is 0 Å². The zero-order valence-corrected chi connectivity index (χ0v) is 11.5. The Morgan fingerprint density at radius 3 is 2.80 bits per heavy atom. The molecule has 0 aromatic heterocycles. The van der Waals surface area contributed by atoms with Crippen molar-refractivity contribution in [1.29, 1.82) is 0 Å². The highest BCUT2D eigenvalue weighted by atomic mass is 19.1. The Bertz CT molecular complexity index is 493. The molecule has 0 aliphatic heterocycles. The first-order valence-corrected chi connectivity index (χ1v) is 6.21. The highest BCUT2D eigenvalue weighted by molar-refractivity contribution is 5.71. The summed E-state index contributed by atoms with van der Waals surface area (Å²) < 4.78 is 17.8. The molecule has 6 nitrogen and oxygen atoms in total. The second-order valence-electron chi connectivity index (χ2n) is 4.32. The Hall–Kier alpha value is -2.02. The highest BCUT2D eigenvalue weighted by Gasteiger charge is 2.15. The fraction of sp³-hybridized carbons (Fsp3) is 0.462. The van der Waals surface area contributed by atoms with Crippen LogP contribution >= 0.6 is 0 Å². The molecule has 0 spiro atoms. The molecular weight excluding hydrogens is 267 g/mol. The first-order valence-electron chi connectivity index (χ1n) is 6.21. The molecule has 110 valence electrons. The molecule has 0 N–H and O–H groups in total. The molecule has 0 bridgehead atoms. The van der Waals surface area contributed by atoms with Crippen molar-refractivity contribution in [3.05, 3.63) is 39.7 Å².